The van der Waals surface area contributed by atoms with Gasteiger partial charge >= 0.3 is 6.18 Å². The van der Waals surface area contributed by atoms with Crippen LogP contribution in [0.1, 0.15) is 22.6 Å². The molecule has 0 saturated heterocycles. The highest BCUT2D eigenvalue weighted by Crippen LogP contribution is 2.34. The zero-order valence-corrected chi connectivity index (χ0v) is 20.8. The van der Waals surface area contributed by atoms with Gasteiger partial charge in [0.15, 0.2) is 0 Å². The van der Waals surface area contributed by atoms with E-state index in [9.17, 15) is 22.8 Å². The molecule has 0 aromatic heterocycles. The summed E-state index contributed by atoms with van der Waals surface area (Å²) in [5.41, 5.74) is 0.686. The average molecular weight is 519 g/mol. The zero-order chi connectivity index (χ0) is 26.5. The molecule has 0 fully saturated rings. The van der Waals surface area contributed by atoms with Gasteiger partial charge in [-0.15, -0.1) is 0 Å². The molecule has 0 radical (unpaired) electrons. The molecule has 0 bridgehead atoms. The number of likely N-dealkylation sites (N-methyl/N-ethyl adjacent to an activating group) is 1. The summed E-state index contributed by atoms with van der Waals surface area (Å²) < 4.78 is 44.2. The highest BCUT2D eigenvalue weighted by molar-refractivity contribution is 6.34. The second kappa shape index (κ2) is 11.5. The second-order valence-corrected chi connectivity index (χ2v) is 8.74. The van der Waals surface area contributed by atoms with Crippen LogP contribution in [0.15, 0.2) is 72.8 Å². The summed E-state index contributed by atoms with van der Waals surface area (Å²) in [6, 6.07) is 18.2. The summed E-state index contributed by atoms with van der Waals surface area (Å²) >= 11 is 6.47. The number of hydrogen-bond donors (Lipinski definition) is 0. The Bertz CT molecular complexity index is 1200. The van der Waals surface area contributed by atoms with Gasteiger partial charge in [0.2, 0.25) is 11.8 Å². The maximum Gasteiger partial charge on any atom is 0.416 e. The third-order valence-corrected chi connectivity index (χ3v) is 6.00. The molecule has 36 heavy (non-hydrogen) atoms. The molecule has 5 nitrogen and oxygen atoms in total. The van der Waals surface area contributed by atoms with Crippen molar-refractivity contribution in [1.82, 2.24) is 4.90 Å². The first-order valence-electron chi connectivity index (χ1n) is 11.1. The van der Waals surface area contributed by atoms with Gasteiger partial charge < -0.3 is 14.5 Å². The number of ether oxygens (including phenoxy) is 1. The molecule has 0 heterocycles. The van der Waals surface area contributed by atoms with Crippen LogP contribution in [-0.2, 0) is 22.2 Å². The van der Waals surface area contributed by atoms with Gasteiger partial charge in [-0.25, -0.2) is 0 Å². The number of alkyl halides is 3. The van der Waals surface area contributed by atoms with Gasteiger partial charge in [0.05, 0.1) is 23.4 Å². The monoisotopic (exact) mass is 518 g/mol. The molecule has 0 spiro atoms. The summed E-state index contributed by atoms with van der Waals surface area (Å²) in [6.07, 6.45) is -4.21. The number of hydrogen-bond acceptors (Lipinski definition) is 3. The van der Waals surface area contributed by atoms with E-state index in [1.807, 2.05) is 0 Å². The van der Waals surface area contributed by atoms with Crippen molar-refractivity contribution < 1.29 is 27.5 Å². The first kappa shape index (κ1) is 27.1. The Hall–Kier alpha value is -3.52. The molecular weight excluding hydrogens is 493 g/mol. The van der Waals surface area contributed by atoms with Gasteiger partial charge in [-0.05, 0) is 41.8 Å². The van der Waals surface area contributed by atoms with Crippen LogP contribution in [0.4, 0.5) is 18.9 Å². The van der Waals surface area contributed by atoms with Gasteiger partial charge in [-0.1, -0.05) is 54.1 Å². The zero-order valence-electron chi connectivity index (χ0n) is 20.1. The third-order valence-electron chi connectivity index (χ3n) is 5.68. The lowest BCUT2D eigenvalue weighted by Gasteiger charge is -2.29. The molecule has 0 aliphatic heterocycles. The van der Waals surface area contributed by atoms with Crippen molar-refractivity contribution in [1.29, 1.82) is 0 Å². The quantitative estimate of drug-likeness (QED) is 0.353. The first-order valence-corrected chi connectivity index (χ1v) is 11.5. The molecule has 3 rings (SSSR count). The summed E-state index contributed by atoms with van der Waals surface area (Å²) in [5.74, 6) is -1.61. The van der Waals surface area contributed by atoms with Crippen LogP contribution in [0.3, 0.4) is 0 Å². The van der Waals surface area contributed by atoms with E-state index in [2.05, 4.69) is 0 Å². The minimum Gasteiger partial charge on any atom is -0.497 e. The van der Waals surface area contributed by atoms with E-state index in [0.29, 0.717) is 22.6 Å². The predicted octanol–water partition coefficient (Wildman–Crippen LogP) is 5.82. The molecular formula is C27H26ClF3N2O3. The van der Waals surface area contributed by atoms with Crippen molar-refractivity contribution in [2.75, 3.05) is 32.6 Å². The lowest BCUT2D eigenvalue weighted by Crippen LogP contribution is -2.43. The third kappa shape index (κ3) is 6.37. The van der Waals surface area contributed by atoms with E-state index in [4.69, 9.17) is 16.3 Å². The number of rotatable bonds is 8. The maximum absolute atomic E-state index is 14.0. The van der Waals surface area contributed by atoms with Crippen LogP contribution < -0.4 is 9.64 Å². The second-order valence-electron chi connectivity index (χ2n) is 8.33. The molecule has 190 valence electrons. The molecule has 0 aliphatic rings. The van der Waals surface area contributed by atoms with Gasteiger partial charge in [-0.3, -0.25) is 9.59 Å². The number of anilines is 1. The Labute approximate surface area is 213 Å². The standard InChI is InChI=1S/C27H26ClF3N2O3/c1-32(2)25(34)24(19-7-5-4-6-8-19)26(35)33(23-17-21(36-3)13-14-22(23)28)16-15-18-9-11-20(12-10-18)27(29,30)31/h4-14,17,24H,15-16H2,1-3H3. The number of methoxy groups -OCH3 is 1. The lowest BCUT2D eigenvalue weighted by atomic mass is 9.95. The van der Waals surface area contributed by atoms with Crippen LogP contribution in [0.25, 0.3) is 0 Å². The molecule has 3 aromatic rings. The fourth-order valence-corrected chi connectivity index (χ4v) is 3.95. The predicted molar refractivity (Wildman–Crippen MR) is 133 cm³/mol. The normalized spacial score (nSPS) is 12.1. The van der Waals surface area contributed by atoms with Crippen LogP contribution in [0, 0.1) is 0 Å². The highest BCUT2D eigenvalue weighted by atomic mass is 35.5. The van der Waals surface area contributed by atoms with Gasteiger partial charge in [0, 0.05) is 26.7 Å². The molecule has 3 aromatic carbocycles. The molecule has 1 unspecified atom stereocenters. The smallest absolute Gasteiger partial charge is 0.416 e. The van der Waals surface area contributed by atoms with Crippen molar-refractivity contribution in [2.45, 2.75) is 18.5 Å². The largest absolute Gasteiger partial charge is 0.497 e. The Kier molecular flexibility index (Phi) is 8.63. The fourth-order valence-electron chi connectivity index (χ4n) is 3.73. The summed E-state index contributed by atoms with van der Waals surface area (Å²) in [6.45, 7) is 0.0706. The van der Waals surface area contributed by atoms with Crippen LogP contribution in [0.5, 0.6) is 5.75 Å². The number of carbonyl (C=O) groups is 2. The van der Waals surface area contributed by atoms with Crippen LogP contribution in [-0.4, -0.2) is 44.5 Å². The van der Waals surface area contributed by atoms with Gasteiger partial charge in [0.25, 0.3) is 0 Å². The minimum absolute atomic E-state index is 0.0706. The van der Waals surface area contributed by atoms with Crippen molar-refractivity contribution in [3.05, 3.63) is 94.5 Å². The van der Waals surface area contributed by atoms with Crippen LogP contribution >= 0.6 is 11.6 Å². The summed E-state index contributed by atoms with van der Waals surface area (Å²) in [4.78, 5) is 29.9. The maximum atomic E-state index is 14.0. The van der Waals surface area contributed by atoms with Crippen molar-refractivity contribution in [3.63, 3.8) is 0 Å². The van der Waals surface area contributed by atoms with E-state index in [1.165, 1.54) is 29.0 Å². The Morgan fingerprint density at radius 1 is 0.944 bits per heavy atom. The number of nitrogens with zero attached hydrogens (tertiary/aromatic N) is 2. The fraction of sp³-hybridized carbons (Fsp3) is 0.259. The number of amides is 2. The molecule has 0 saturated carbocycles. The van der Waals surface area contributed by atoms with Crippen LogP contribution in [0.2, 0.25) is 5.02 Å². The van der Waals surface area contributed by atoms with E-state index in [0.717, 1.165) is 12.1 Å². The highest BCUT2D eigenvalue weighted by Gasteiger charge is 2.35. The van der Waals surface area contributed by atoms with Gasteiger partial charge in [-0.2, -0.15) is 13.2 Å². The Balaban J connectivity index is 2.02. The Morgan fingerprint density at radius 2 is 1.58 bits per heavy atom. The van der Waals surface area contributed by atoms with Gasteiger partial charge in [0.1, 0.15) is 11.7 Å². The molecule has 0 aliphatic carbocycles. The molecule has 1 atom stereocenters. The Morgan fingerprint density at radius 3 is 2.14 bits per heavy atom. The minimum atomic E-state index is -4.44. The number of benzene rings is 3. The number of carbonyl (C=O) groups excluding carboxylic acids is 2. The number of halogens is 4. The SMILES string of the molecule is COc1ccc(Cl)c(N(CCc2ccc(C(F)(F)F)cc2)C(=O)C(C(=O)N(C)C)c2ccccc2)c1. The topological polar surface area (TPSA) is 49.9 Å². The van der Waals surface area contributed by atoms with Crippen molar-refractivity contribution >= 4 is 29.1 Å². The summed E-state index contributed by atoms with van der Waals surface area (Å²) in [7, 11) is 4.61. The van der Waals surface area contributed by atoms with Crippen molar-refractivity contribution in [2.24, 2.45) is 0 Å². The summed E-state index contributed by atoms with van der Waals surface area (Å²) in [5, 5.41) is 0.265. The first-order chi connectivity index (χ1) is 17.0. The van der Waals surface area contributed by atoms with E-state index in [1.54, 1.807) is 62.6 Å². The van der Waals surface area contributed by atoms with E-state index in [-0.39, 0.29) is 18.0 Å². The molecule has 9 heteroatoms. The molecule has 0 N–H and O–H groups in total. The van der Waals surface area contributed by atoms with E-state index >= 15 is 0 Å². The molecule has 2 amide bonds. The van der Waals surface area contributed by atoms with E-state index < -0.39 is 29.5 Å². The average Bonchev–Trinajstić information content (AvgIpc) is 2.85. The lowest BCUT2D eigenvalue weighted by molar-refractivity contribution is -0.138. The van der Waals surface area contributed by atoms with Crippen molar-refractivity contribution in [3.8, 4) is 5.75 Å².